The Morgan fingerprint density at radius 2 is 2.00 bits per heavy atom. The molecule has 4 nitrogen and oxygen atoms in total. The van der Waals surface area contributed by atoms with Crippen LogP contribution in [0.5, 0.6) is 0 Å². The van der Waals surface area contributed by atoms with E-state index in [0.717, 1.165) is 22.7 Å². The molecule has 2 aromatic rings. The van der Waals surface area contributed by atoms with Gasteiger partial charge < -0.3 is 9.72 Å². The Morgan fingerprint density at radius 1 is 1.33 bits per heavy atom. The number of hydrogen-bond donors (Lipinski definition) is 1. The van der Waals surface area contributed by atoms with Crippen molar-refractivity contribution in [1.82, 2.24) is 9.38 Å². The molecule has 0 fully saturated rings. The van der Waals surface area contributed by atoms with Crippen LogP contribution in [0.1, 0.15) is 32.2 Å². The van der Waals surface area contributed by atoms with Crippen LogP contribution < -0.4 is 5.32 Å². The molecule has 2 rings (SSSR count). The molecule has 1 amide bonds. The van der Waals surface area contributed by atoms with Gasteiger partial charge in [-0.1, -0.05) is 20.8 Å². The summed E-state index contributed by atoms with van der Waals surface area (Å²) in [5, 5.41) is 2.94. The second-order valence-corrected chi connectivity index (χ2v) is 5.60. The quantitative estimate of drug-likeness (QED) is 0.839. The smallest absolute Gasteiger partial charge is 0.229 e. The van der Waals surface area contributed by atoms with Crippen LogP contribution in [-0.4, -0.2) is 15.3 Å². The van der Waals surface area contributed by atoms with Crippen molar-refractivity contribution in [2.24, 2.45) is 5.41 Å². The lowest BCUT2D eigenvalue weighted by Gasteiger charge is -2.17. The highest BCUT2D eigenvalue weighted by atomic mass is 16.2. The van der Waals surface area contributed by atoms with Crippen LogP contribution >= 0.6 is 0 Å². The van der Waals surface area contributed by atoms with Crippen molar-refractivity contribution in [2.45, 2.75) is 34.6 Å². The van der Waals surface area contributed by atoms with E-state index >= 15 is 0 Å². The summed E-state index contributed by atoms with van der Waals surface area (Å²) in [7, 11) is 0. The zero-order valence-corrected chi connectivity index (χ0v) is 11.5. The van der Waals surface area contributed by atoms with Gasteiger partial charge >= 0.3 is 0 Å². The van der Waals surface area contributed by atoms with Crippen molar-refractivity contribution < 1.29 is 4.79 Å². The van der Waals surface area contributed by atoms with Crippen LogP contribution in [0.15, 0.2) is 18.3 Å². The summed E-state index contributed by atoms with van der Waals surface area (Å²) in [6, 6.07) is 3.80. The van der Waals surface area contributed by atoms with Gasteiger partial charge in [0.2, 0.25) is 5.91 Å². The van der Waals surface area contributed by atoms with E-state index in [0.29, 0.717) is 0 Å². The number of pyridine rings is 1. The first-order chi connectivity index (χ1) is 8.30. The monoisotopic (exact) mass is 245 g/mol. The number of carbonyl (C=O) groups excluding carboxylic acids is 1. The molecular weight excluding hydrogens is 226 g/mol. The van der Waals surface area contributed by atoms with Crippen LogP contribution in [0.4, 0.5) is 5.69 Å². The van der Waals surface area contributed by atoms with Crippen LogP contribution in [0.2, 0.25) is 0 Å². The maximum absolute atomic E-state index is 12.0. The summed E-state index contributed by atoms with van der Waals surface area (Å²) in [5.41, 5.74) is 3.21. The maximum atomic E-state index is 12.0. The van der Waals surface area contributed by atoms with Gasteiger partial charge in [0.15, 0.2) is 5.65 Å². The Balaban J connectivity index is 2.46. The number of nitrogens with zero attached hydrogens (tertiary/aromatic N) is 2. The molecule has 0 aromatic carbocycles. The third-order valence-corrected chi connectivity index (χ3v) is 3.06. The minimum absolute atomic E-state index is 0.00564. The van der Waals surface area contributed by atoms with Crippen molar-refractivity contribution in [1.29, 1.82) is 0 Å². The van der Waals surface area contributed by atoms with Gasteiger partial charge in [-0.15, -0.1) is 0 Å². The molecule has 2 heterocycles. The van der Waals surface area contributed by atoms with E-state index in [1.807, 2.05) is 57.3 Å². The third kappa shape index (κ3) is 2.10. The fraction of sp³-hybridized carbons (Fsp3) is 0.429. The molecule has 0 aliphatic heterocycles. The highest BCUT2D eigenvalue weighted by Gasteiger charge is 2.22. The van der Waals surface area contributed by atoms with E-state index in [2.05, 4.69) is 10.3 Å². The summed E-state index contributed by atoms with van der Waals surface area (Å²) in [4.78, 5) is 16.5. The molecule has 0 spiro atoms. The van der Waals surface area contributed by atoms with Crippen molar-refractivity contribution in [3.8, 4) is 0 Å². The number of imidazole rings is 1. The third-order valence-electron chi connectivity index (χ3n) is 3.06. The second-order valence-electron chi connectivity index (χ2n) is 5.60. The van der Waals surface area contributed by atoms with E-state index in [1.165, 1.54) is 0 Å². The number of aryl methyl sites for hydroxylation is 2. The summed E-state index contributed by atoms with van der Waals surface area (Å²) < 4.78 is 1.99. The highest BCUT2D eigenvalue weighted by molar-refractivity contribution is 5.97. The lowest BCUT2D eigenvalue weighted by atomic mass is 9.95. The van der Waals surface area contributed by atoms with E-state index in [1.54, 1.807) is 0 Å². The van der Waals surface area contributed by atoms with Gasteiger partial charge in [0, 0.05) is 17.3 Å². The fourth-order valence-corrected chi connectivity index (χ4v) is 1.71. The van der Waals surface area contributed by atoms with Crippen molar-refractivity contribution in [3.63, 3.8) is 0 Å². The summed E-state index contributed by atoms with van der Waals surface area (Å²) in [6.07, 6.45) is 1.96. The Morgan fingerprint density at radius 3 is 2.61 bits per heavy atom. The first-order valence-corrected chi connectivity index (χ1v) is 6.06. The lowest BCUT2D eigenvalue weighted by Crippen LogP contribution is -2.27. The molecular formula is C14H19N3O. The molecule has 0 radical (unpaired) electrons. The molecule has 0 bridgehead atoms. The zero-order valence-electron chi connectivity index (χ0n) is 11.5. The summed E-state index contributed by atoms with van der Waals surface area (Å²) in [5.74, 6) is -0.00564. The Kier molecular flexibility index (Phi) is 2.89. The molecule has 18 heavy (non-hydrogen) atoms. The molecule has 1 N–H and O–H groups in total. The second kappa shape index (κ2) is 4.12. The molecule has 2 aromatic heterocycles. The predicted octanol–water partition coefficient (Wildman–Crippen LogP) is 2.94. The zero-order chi connectivity index (χ0) is 13.5. The van der Waals surface area contributed by atoms with Crippen LogP contribution in [0.3, 0.4) is 0 Å². The number of fused-ring (bicyclic) bond motifs is 1. The summed E-state index contributed by atoms with van der Waals surface area (Å²) in [6.45, 7) is 9.67. The van der Waals surface area contributed by atoms with E-state index in [-0.39, 0.29) is 5.91 Å². The molecule has 0 aliphatic rings. The summed E-state index contributed by atoms with van der Waals surface area (Å²) >= 11 is 0. The largest absolute Gasteiger partial charge is 0.322 e. The van der Waals surface area contributed by atoms with Gasteiger partial charge in [0.1, 0.15) is 0 Å². The molecule has 4 heteroatoms. The maximum Gasteiger partial charge on any atom is 0.229 e. The Labute approximate surface area is 107 Å². The van der Waals surface area contributed by atoms with Gasteiger partial charge in [0.25, 0.3) is 0 Å². The van der Waals surface area contributed by atoms with Crippen molar-refractivity contribution in [3.05, 3.63) is 29.7 Å². The normalized spacial score (nSPS) is 11.8. The average molecular weight is 245 g/mol. The van der Waals surface area contributed by atoms with Crippen LogP contribution in [0, 0.1) is 19.3 Å². The number of anilines is 1. The lowest BCUT2D eigenvalue weighted by molar-refractivity contribution is -0.123. The van der Waals surface area contributed by atoms with Crippen molar-refractivity contribution >= 4 is 17.2 Å². The number of carbonyl (C=O) groups is 1. The topological polar surface area (TPSA) is 46.4 Å². The Hall–Kier alpha value is -1.84. The van der Waals surface area contributed by atoms with E-state index in [4.69, 9.17) is 0 Å². The minimum atomic E-state index is -0.413. The van der Waals surface area contributed by atoms with Gasteiger partial charge in [-0.3, -0.25) is 4.79 Å². The molecule has 96 valence electrons. The molecule has 0 unspecified atom stereocenters. The van der Waals surface area contributed by atoms with Crippen LogP contribution in [0.25, 0.3) is 5.65 Å². The number of amides is 1. The van der Waals surface area contributed by atoms with Crippen LogP contribution in [-0.2, 0) is 4.79 Å². The number of hydrogen-bond acceptors (Lipinski definition) is 2. The SMILES string of the molecule is Cc1nc2c(NC(=O)C(C)(C)C)cccn2c1C. The molecule has 0 atom stereocenters. The van der Waals surface area contributed by atoms with Gasteiger partial charge in [0.05, 0.1) is 11.4 Å². The number of rotatable bonds is 1. The standard InChI is InChI=1S/C14H19N3O/c1-9-10(2)17-8-6-7-11(12(17)15-9)16-13(18)14(3,4)5/h6-8H,1-5H3,(H,16,18). The first kappa shape index (κ1) is 12.6. The van der Waals surface area contributed by atoms with Gasteiger partial charge in [-0.2, -0.15) is 0 Å². The number of nitrogens with one attached hydrogen (secondary N) is 1. The Bertz CT molecular complexity index is 605. The molecule has 0 saturated heterocycles. The van der Waals surface area contributed by atoms with Crippen molar-refractivity contribution in [2.75, 3.05) is 5.32 Å². The highest BCUT2D eigenvalue weighted by Crippen LogP contribution is 2.22. The van der Waals surface area contributed by atoms with Gasteiger partial charge in [-0.05, 0) is 26.0 Å². The predicted molar refractivity (Wildman–Crippen MR) is 72.8 cm³/mol. The minimum Gasteiger partial charge on any atom is -0.322 e. The van der Waals surface area contributed by atoms with E-state index < -0.39 is 5.41 Å². The van der Waals surface area contributed by atoms with Gasteiger partial charge in [-0.25, -0.2) is 4.98 Å². The van der Waals surface area contributed by atoms with E-state index in [9.17, 15) is 4.79 Å². The fourth-order valence-electron chi connectivity index (χ4n) is 1.71. The number of aromatic nitrogens is 2. The molecule has 0 aliphatic carbocycles. The molecule has 0 saturated carbocycles. The average Bonchev–Trinajstić information content (AvgIpc) is 2.56. The first-order valence-electron chi connectivity index (χ1n) is 6.06.